The Bertz CT molecular complexity index is 1980. The number of hydrogen-bond donors (Lipinski definition) is 1. The molecule has 2 aromatic heterocycles. The summed E-state index contributed by atoms with van der Waals surface area (Å²) in [4.78, 5) is 40.5. The minimum Gasteiger partial charge on any atom is -0.502 e. The molecule has 1 N–H and O–H groups in total. The van der Waals surface area contributed by atoms with E-state index in [2.05, 4.69) is 11.0 Å². The van der Waals surface area contributed by atoms with Gasteiger partial charge in [0.05, 0.1) is 46.3 Å². The molecule has 2 bridgehead atoms. The molecule has 0 spiro atoms. The number of nitrogens with zero attached hydrogens (tertiary/aromatic N) is 2. The van der Waals surface area contributed by atoms with Crippen LogP contribution in [0.15, 0.2) is 74.7 Å². The van der Waals surface area contributed by atoms with Gasteiger partial charge < -0.3 is 33.0 Å². The Morgan fingerprint density at radius 1 is 1.02 bits per heavy atom. The average molecular weight is 669 g/mol. The van der Waals surface area contributed by atoms with Gasteiger partial charge in [0.25, 0.3) is 5.56 Å². The van der Waals surface area contributed by atoms with Crippen LogP contribution < -0.4 is 25.2 Å². The molecule has 0 radical (unpaired) electrons. The zero-order chi connectivity index (χ0) is 34.1. The van der Waals surface area contributed by atoms with Gasteiger partial charge in [0, 0.05) is 56.2 Å². The lowest BCUT2D eigenvalue weighted by Crippen LogP contribution is -2.46. The fourth-order valence-electron chi connectivity index (χ4n) is 7.52. The van der Waals surface area contributed by atoms with Crippen molar-refractivity contribution in [2.75, 3.05) is 40.5 Å². The van der Waals surface area contributed by atoms with Crippen molar-refractivity contribution in [3.63, 3.8) is 0 Å². The number of benzene rings is 2. The third-order valence-electron chi connectivity index (χ3n) is 9.84. The van der Waals surface area contributed by atoms with E-state index in [9.17, 15) is 19.5 Å². The molecule has 7 rings (SSSR count). The molecule has 3 unspecified atom stereocenters. The maximum absolute atomic E-state index is 13.1. The molecule has 0 amide bonds. The fraction of sp³-hybridized carbons (Fsp3) is 0.395. The van der Waals surface area contributed by atoms with Gasteiger partial charge in [-0.2, -0.15) is 0 Å². The molecule has 11 heteroatoms. The number of carbonyl (C=O) groups excluding carboxylic acids is 1. The van der Waals surface area contributed by atoms with Gasteiger partial charge in [-0.1, -0.05) is 24.3 Å². The first-order valence-electron chi connectivity index (χ1n) is 16.7. The number of rotatable bonds is 11. The minimum atomic E-state index is -0.837. The number of hydrogen-bond acceptors (Lipinski definition) is 10. The standard InChI is InChI=1S/C38H40N2O9/c1-45-34-16-25(7-9-33(34)48-12-10-23-6-8-32-26(14-23)11-13-47-32)29(18-36(43)46-2)38-37(44)31(41)17-28(49-38)22-39-19-24-15-27(21-39)30-4-3-5-35(42)40(30)20-24/h3-9,14,16-17,24,27,29,44H,10-13,15,18-22H2,1-2H3. The third kappa shape index (κ3) is 6.80. The van der Waals surface area contributed by atoms with Crippen LogP contribution in [0.1, 0.15) is 58.6 Å². The predicted molar refractivity (Wildman–Crippen MR) is 180 cm³/mol. The number of aromatic nitrogens is 1. The van der Waals surface area contributed by atoms with Gasteiger partial charge in [0.15, 0.2) is 17.3 Å². The Kier molecular flexibility index (Phi) is 9.18. The number of ether oxygens (including phenoxy) is 4. The lowest BCUT2D eigenvalue weighted by Gasteiger charge is -2.42. The van der Waals surface area contributed by atoms with Crippen LogP contribution in [0.5, 0.6) is 23.0 Å². The summed E-state index contributed by atoms with van der Waals surface area (Å²) in [5.74, 6) is 0.812. The van der Waals surface area contributed by atoms with Crippen molar-refractivity contribution in [1.29, 1.82) is 0 Å². The van der Waals surface area contributed by atoms with Crippen molar-refractivity contribution in [2.45, 2.75) is 50.6 Å². The summed E-state index contributed by atoms with van der Waals surface area (Å²) in [6.45, 7) is 3.55. The van der Waals surface area contributed by atoms with Crippen LogP contribution >= 0.6 is 0 Å². The lowest BCUT2D eigenvalue weighted by atomic mass is 9.83. The minimum absolute atomic E-state index is 0.0155. The summed E-state index contributed by atoms with van der Waals surface area (Å²) >= 11 is 0. The molecule has 1 fully saturated rings. The molecule has 0 saturated carbocycles. The second-order valence-electron chi connectivity index (χ2n) is 13.1. The van der Waals surface area contributed by atoms with E-state index in [1.165, 1.54) is 25.8 Å². The zero-order valence-corrected chi connectivity index (χ0v) is 27.7. The largest absolute Gasteiger partial charge is 0.502 e. The van der Waals surface area contributed by atoms with Gasteiger partial charge in [-0.15, -0.1) is 0 Å². The number of pyridine rings is 1. The fourth-order valence-corrected chi connectivity index (χ4v) is 7.52. The van der Waals surface area contributed by atoms with Crippen LogP contribution in [-0.2, 0) is 35.5 Å². The van der Waals surface area contributed by atoms with Gasteiger partial charge in [0.2, 0.25) is 11.2 Å². The Hall–Kier alpha value is -5.03. The second kappa shape index (κ2) is 13.8. The summed E-state index contributed by atoms with van der Waals surface area (Å²) in [7, 11) is 2.82. The first-order chi connectivity index (χ1) is 23.8. The van der Waals surface area contributed by atoms with E-state index in [0.29, 0.717) is 62.1 Å². The Morgan fingerprint density at radius 2 is 1.90 bits per heavy atom. The van der Waals surface area contributed by atoms with E-state index < -0.39 is 23.1 Å². The molecular weight excluding hydrogens is 628 g/mol. The zero-order valence-electron chi connectivity index (χ0n) is 27.7. The number of esters is 1. The first-order valence-corrected chi connectivity index (χ1v) is 16.7. The van der Waals surface area contributed by atoms with Crippen LogP contribution in [0.2, 0.25) is 0 Å². The monoisotopic (exact) mass is 668 g/mol. The SMILES string of the molecule is COC(=O)CC(c1ccc(OCCc2ccc3c(c2)CCO3)c(OC)c1)c1oc(CN2CC3CC(C2)c2cccc(=O)n2C3)cc(=O)c1O. The van der Waals surface area contributed by atoms with E-state index in [1.54, 1.807) is 30.3 Å². The van der Waals surface area contributed by atoms with Crippen molar-refractivity contribution < 1.29 is 33.3 Å². The van der Waals surface area contributed by atoms with Crippen molar-refractivity contribution in [2.24, 2.45) is 5.92 Å². The van der Waals surface area contributed by atoms with Gasteiger partial charge in [-0.3, -0.25) is 19.3 Å². The highest BCUT2D eigenvalue weighted by Crippen LogP contribution is 2.39. The molecule has 11 nitrogen and oxygen atoms in total. The van der Waals surface area contributed by atoms with E-state index in [-0.39, 0.29) is 29.6 Å². The van der Waals surface area contributed by atoms with Gasteiger partial charge in [-0.05, 0) is 53.3 Å². The Morgan fingerprint density at radius 3 is 2.73 bits per heavy atom. The molecule has 5 heterocycles. The molecule has 1 saturated heterocycles. The topological polar surface area (TPSA) is 130 Å². The number of likely N-dealkylation sites (tertiary alicyclic amines) is 1. The number of fused-ring (bicyclic) bond motifs is 5. The highest BCUT2D eigenvalue weighted by molar-refractivity contribution is 5.71. The quantitative estimate of drug-likeness (QED) is 0.230. The van der Waals surface area contributed by atoms with Gasteiger partial charge in [0.1, 0.15) is 11.5 Å². The van der Waals surface area contributed by atoms with Crippen LogP contribution in [0.25, 0.3) is 0 Å². The van der Waals surface area contributed by atoms with E-state index >= 15 is 0 Å². The number of methoxy groups -OCH3 is 2. The van der Waals surface area contributed by atoms with Crippen LogP contribution in [0.3, 0.4) is 0 Å². The molecule has 49 heavy (non-hydrogen) atoms. The van der Waals surface area contributed by atoms with Crippen LogP contribution in [0.4, 0.5) is 0 Å². The van der Waals surface area contributed by atoms with Crippen LogP contribution in [0, 0.1) is 5.92 Å². The predicted octanol–water partition coefficient (Wildman–Crippen LogP) is 4.39. The maximum atomic E-state index is 13.1. The van der Waals surface area contributed by atoms with Crippen molar-refractivity contribution in [3.05, 3.63) is 115 Å². The number of aromatic hydroxyl groups is 1. The van der Waals surface area contributed by atoms with Crippen LogP contribution in [-0.4, -0.2) is 61.1 Å². The van der Waals surface area contributed by atoms with Gasteiger partial charge >= 0.3 is 5.97 Å². The van der Waals surface area contributed by atoms with Gasteiger partial charge in [-0.25, -0.2) is 0 Å². The molecular formula is C38H40N2O9. The number of carbonyl (C=O) groups is 1. The third-order valence-corrected chi connectivity index (χ3v) is 9.84. The van der Waals surface area contributed by atoms with Crippen molar-refractivity contribution in [3.8, 4) is 23.0 Å². The van der Waals surface area contributed by atoms with E-state index in [4.69, 9.17) is 23.4 Å². The van der Waals surface area contributed by atoms with E-state index in [1.807, 2.05) is 22.8 Å². The molecule has 0 aliphatic carbocycles. The molecule has 3 atom stereocenters. The molecule has 3 aliphatic rings. The van der Waals surface area contributed by atoms with E-state index in [0.717, 1.165) is 36.4 Å². The summed E-state index contributed by atoms with van der Waals surface area (Å²) in [6.07, 6.45) is 2.42. The Labute approximate surface area is 283 Å². The summed E-state index contributed by atoms with van der Waals surface area (Å²) in [5.41, 5.74) is 3.39. The highest BCUT2D eigenvalue weighted by Gasteiger charge is 2.35. The maximum Gasteiger partial charge on any atom is 0.306 e. The normalized spacial score (nSPS) is 18.6. The average Bonchev–Trinajstić information content (AvgIpc) is 3.57. The number of piperidine rings is 1. The summed E-state index contributed by atoms with van der Waals surface area (Å²) in [6, 6.07) is 18.2. The molecule has 256 valence electrons. The lowest BCUT2D eigenvalue weighted by molar-refractivity contribution is -0.140. The molecule has 4 aromatic rings. The summed E-state index contributed by atoms with van der Waals surface area (Å²) in [5, 5.41) is 11.0. The first kappa shape index (κ1) is 32.5. The molecule has 2 aromatic carbocycles. The second-order valence-corrected chi connectivity index (χ2v) is 13.1. The highest BCUT2D eigenvalue weighted by atomic mass is 16.5. The summed E-state index contributed by atoms with van der Waals surface area (Å²) < 4.78 is 30.5. The van der Waals surface area contributed by atoms with Crippen molar-refractivity contribution >= 4 is 5.97 Å². The molecule has 3 aliphatic heterocycles. The smallest absolute Gasteiger partial charge is 0.306 e. The van der Waals surface area contributed by atoms with Crippen molar-refractivity contribution in [1.82, 2.24) is 9.47 Å². The Balaban J connectivity index is 1.11.